The molecular formula is C32H38F6N4O3S. The third-order valence-electron chi connectivity index (χ3n) is 8.16. The summed E-state index contributed by atoms with van der Waals surface area (Å²) in [6, 6.07) is 8.09. The summed E-state index contributed by atoms with van der Waals surface area (Å²) in [5.41, 5.74) is -1.32. The molecule has 0 bridgehead atoms. The lowest BCUT2D eigenvalue weighted by Crippen LogP contribution is -2.32. The summed E-state index contributed by atoms with van der Waals surface area (Å²) in [4.78, 5) is 12.5. The Morgan fingerprint density at radius 3 is 2.09 bits per heavy atom. The normalized spacial score (nSPS) is 15.2. The Morgan fingerprint density at radius 2 is 1.54 bits per heavy atom. The summed E-state index contributed by atoms with van der Waals surface area (Å²) in [5.74, 6) is 0.503. The van der Waals surface area contributed by atoms with Crippen LogP contribution in [0.1, 0.15) is 67.8 Å². The van der Waals surface area contributed by atoms with Gasteiger partial charge < -0.3 is 14.5 Å². The third-order valence-corrected chi connectivity index (χ3v) is 9.07. The third kappa shape index (κ3) is 9.49. The SMILES string of the molecule is CCN(CC1CCCC1)c1ccccc1CN(c1ncc(OCCS(C)(=O)=O)cn1)C(C)c1cc(C(F)(F)F)cc(C(F)(F)F)c1. The number of hydrogen-bond donors (Lipinski definition) is 0. The second-order valence-corrected chi connectivity index (χ2v) is 13.9. The number of halogens is 6. The Kier molecular flexibility index (Phi) is 11.1. The first-order chi connectivity index (χ1) is 21.5. The van der Waals surface area contributed by atoms with Gasteiger partial charge in [-0.2, -0.15) is 26.3 Å². The molecule has 7 nitrogen and oxygen atoms in total. The van der Waals surface area contributed by atoms with Crippen LogP contribution in [0, 0.1) is 5.92 Å². The van der Waals surface area contributed by atoms with Crippen LogP contribution in [-0.2, 0) is 28.7 Å². The van der Waals surface area contributed by atoms with Crippen molar-refractivity contribution in [3.05, 3.63) is 77.1 Å². The highest BCUT2D eigenvalue weighted by Crippen LogP contribution is 2.39. The van der Waals surface area contributed by atoms with E-state index in [-0.39, 0.29) is 42.2 Å². The fourth-order valence-corrected chi connectivity index (χ4v) is 6.05. The van der Waals surface area contributed by atoms with Crippen molar-refractivity contribution in [1.82, 2.24) is 9.97 Å². The zero-order valence-corrected chi connectivity index (χ0v) is 26.7. The van der Waals surface area contributed by atoms with Crippen LogP contribution in [0.4, 0.5) is 38.0 Å². The van der Waals surface area contributed by atoms with Gasteiger partial charge in [-0.25, -0.2) is 18.4 Å². The fraction of sp³-hybridized carbons (Fsp3) is 0.500. The van der Waals surface area contributed by atoms with Crippen LogP contribution >= 0.6 is 0 Å². The molecule has 0 spiro atoms. The number of alkyl halides is 6. The maximum atomic E-state index is 13.8. The molecule has 1 heterocycles. The molecule has 46 heavy (non-hydrogen) atoms. The first kappa shape index (κ1) is 35.3. The number of aromatic nitrogens is 2. The van der Waals surface area contributed by atoms with Gasteiger partial charge in [0, 0.05) is 31.6 Å². The lowest BCUT2D eigenvalue weighted by molar-refractivity contribution is -0.143. The maximum absolute atomic E-state index is 13.8. The smallest absolute Gasteiger partial charge is 0.416 e. The number of ether oxygens (including phenoxy) is 1. The predicted molar refractivity (Wildman–Crippen MR) is 165 cm³/mol. The molecule has 14 heteroatoms. The van der Waals surface area contributed by atoms with Gasteiger partial charge in [0.1, 0.15) is 6.61 Å². The van der Waals surface area contributed by atoms with E-state index in [1.807, 2.05) is 31.2 Å². The zero-order valence-electron chi connectivity index (χ0n) is 25.9. The number of rotatable bonds is 13. The summed E-state index contributed by atoms with van der Waals surface area (Å²) in [6.45, 7) is 5.02. The van der Waals surface area contributed by atoms with Crippen LogP contribution in [0.5, 0.6) is 5.75 Å². The highest BCUT2D eigenvalue weighted by molar-refractivity contribution is 7.90. The van der Waals surface area contributed by atoms with E-state index in [2.05, 4.69) is 14.9 Å². The Balaban J connectivity index is 1.74. The van der Waals surface area contributed by atoms with Crippen molar-refractivity contribution >= 4 is 21.5 Å². The highest BCUT2D eigenvalue weighted by atomic mass is 32.2. The Hall–Kier alpha value is -3.55. The van der Waals surface area contributed by atoms with Crippen molar-refractivity contribution in [3.63, 3.8) is 0 Å². The number of hydrogen-bond acceptors (Lipinski definition) is 7. The van der Waals surface area contributed by atoms with E-state index >= 15 is 0 Å². The number of nitrogens with zero attached hydrogens (tertiary/aromatic N) is 4. The van der Waals surface area contributed by atoms with Gasteiger partial charge in [-0.15, -0.1) is 0 Å². The van der Waals surface area contributed by atoms with Crippen LogP contribution < -0.4 is 14.5 Å². The van der Waals surface area contributed by atoms with Gasteiger partial charge in [0.05, 0.1) is 35.3 Å². The topological polar surface area (TPSA) is 75.6 Å². The summed E-state index contributed by atoms with van der Waals surface area (Å²) in [6.07, 6.45) is -1.74. The number of sulfone groups is 1. The number of para-hydroxylation sites is 1. The monoisotopic (exact) mass is 672 g/mol. The molecule has 0 radical (unpaired) electrons. The van der Waals surface area contributed by atoms with E-state index in [1.54, 1.807) is 4.90 Å². The van der Waals surface area contributed by atoms with E-state index in [0.717, 1.165) is 49.0 Å². The van der Waals surface area contributed by atoms with E-state index in [1.165, 1.54) is 32.2 Å². The van der Waals surface area contributed by atoms with Crippen molar-refractivity contribution in [2.45, 2.75) is 64.5 Å². The molecule has 1 fully saturated rings. The average molecular weight is 673 g/mol. The molecule has 1 unspecified atom stereocenters. The summed E-state index contributed by atoms with van der Waals surface area (Å²) >= 11 is 0. The van der Waals surface area contributed by atoms with E-state index in [9.17, 15) is 34.8 Å². The summed E-state index contributed by atoms with van der Waals surface area (Å²) in [5, 5.41) is 0. The van der Waals surface area contributed by atoms with Gasteiger partial charge in [-0.05, 0) is 68.0 Å². The van der Waals surface area contributed by atoms with Gasteiger partial charge in [-0.1, -0.05) is 31.0 Å². The zero-order chi connectivity index (χ0) is 33.7. The maximum Gasteiger partial charge on any atom is 0.416 e. The lowest BCUT2D eigenvalue weighted by atomic mass is 9.98. The van der Waals surface area contributed by atoms with Crippen LogP contribution in [0.2, 0.25) is 0 Å². The van der Waals surface area contributed by atoms with E-state index in [0.29, 0.717) is 12.5 Å². The Bertz CT molecular complexity index is 1530. The van der Waals surface area contributed by atoms with Crippen LogP contribution in [0.15, 0.2) is 54.9 Å². The molecule has 1 aliphatic rings. The molecule has 1 aromatic heterocycles. The summed E-state index contributed by atoms with van der Waals surface area (Å²) in [7, 11) is -3.28. The molecule has 1 aliphatic carbocycles. The Morgan fingerprint density at radius 1 is 0.957 bits per heavy atom. The lowest BCUT2D eigenvalue weighted by Gasteiger charge is -2.33. The molecule has 0 N–H and O–H groups in total. The molecule has 0 aliphatic heterocycles. The van der Waals surface area contributed by atoms with Gasteiger partial charge in [-0.3, -0.25) is 0 Å². The molecule has 0 amide bonds. The van der Waals surface area contributed by atoms with Crippen LogP contribution in [-0.4, -0.2) is 50.1 Å². The number of benzene rings is 2. The first-order valence-electron chi connectivity index (χ1n) is 15.1. The first-order valence-corrected chi connectivity index (χ1v) is 17.1. The van der Waals surface area contributed by atoms with Crippen molar-refractivity contribution < 1.29 is 39.5 Å². The molecule has 2 aromatic carbocycles. The molecule has 1 atom stereocenters. The van der Waals surface area contributed by atoms with Crippen molar-refractivity contribution in [1.29, 1.82) is 0 Å². The molecule has 3 aromatic rings. The minimum Gasteiger partial charge on any atom is -0.489 e. The Labute approximate surface area is 265 Å². The summed E-state index contributed by atoms with van der Waals surface area (Å²) < 4.78 is 111. The van der Waals surface area contributed by atoms with Crippen LogP contribution in [0.25, 0.3) is 0 Å². The van der Waals surface area contributed by atoms with Crippen molar-refractivity contribution in [2.24, 2.45) is 5.92 Å². The number of anilines is 2. The van der Waals surface area contributed by atoms with E-state index < -0.39 is 39.4 Å². The second kappa shape index (κ2) is 14.5. The molecular weight excluding hydrogens is 634 g/mol. The second-order valence-electron chi connectivity index (χ2n) is 11.7. The largest absolute Gasteiger partial charge is 0.489 e. The quantitative estimate of drug-likeness (QED) is 0.172. The highest BCUT2D eigenvalue weighted by Gasteiger charge is 2.38. The minimum atomic E-state index is -5.00. The molecule has 252 valence electrons. The molecule has 4 rings (SSSR count). The van der Waals surface area contributed by atoms with Crippen molar-refractivity contribution in [2.75, 3.05) is 41.5 Å². The van der Waals surface area contributed by atoms with Gasteiger partial charge in [0.2, 0.25) is 5.95 Å². The fourth-order valence-electron chi connectivity index (χ4n) is 5.66. The predicted octanol–water partition coefficient (Wildman–Crippen LogP) is 7.72. The standard InChI is InChI=1S/C32H38F6N4O3S/c1-4-41(20-23-9-5-6-10-23)29-12-8-7-11-24(29)21-42(30-39-18-28(19-40-30)45-13-14-46(3,43)44)22(2)25-15-26(31(33,34)35)17-27(16-25)32(36,37)38/h7-8,11-12,15-19,22-23H,4-6,9-10,13-14,20-21H2,1-3H3. The molecule has 1 saturated carbocycles. The van der Waals surface area contributed by atoms with Crippen molar-refractivity contribution in [3.8, 4) is 5.75 Å². The van der Waals surface area contributed by atoms with Gasteiger partial charge in [0.15, 0.2) is 15.6 Å². The van der Waals surface area contributed by atoms with Gasteiger partial charge in [0.25, 0.3) is 0 Å². The van der Waals surface area contributed by atoms with Gasteiger partial charge >= 0.3 is 12.4 Å². The molecule has 0 saturated heterocycles. The van der Waals surface area contributed by atoms with E-state index in [4.69, 9.17) is 4.74 Å². The van der Waals surface area contributed by atoms with Crippen LogP contribution in [0.3, 0.4) is 0 Å². The minimum absolute atomic E-state index is 0.0441. The average Bonchev–Trinajstić information content (AvgIpc) is 3.51.